The van der Waals surface area contributed by atoms with E-state index in [1.54, 1.807) is 0 Å². The van der Waals surface area contributed by atoms with Crippen molar-refractivity contribution in [3.63, 3.8) is 0 Å². The van der Waals surface area contributed by atoms with E-state index in [4.69, 9.17) is 0 Å². The number of carbonyl (C=O) groups excluding carboxylic acids is 1. The predicted molar refractivity (Wildman–Crippen MR) is 77.9 cm³/mol. The van der Waals surface area contributed by atoms with Crippen molar-refractivity contribution in [3.05, 3.63) is 0 Å². The molecule has 0 spiro atoms. The standard InChI is InChI=1S/C14H27NO2S/c1-2-3-10-18-11-7-13(16)15-12-14(17)8-5-4-6-9-14/h17H,2-12H2,1H3,(H,15,16). The zero-order valence-corrected chi connectivity index (χ0v) is 12.4. The third kappa shape index (κ3) is 6.64. The minimum absolute atomic E-state index is 0.0815. The van der Waals surface area contributed by atoms with Crippen LogP contribution >= 0.6 is 11.8 Å². The lowest BCUT2D eigenvalue weighted by molar-refractivity contribution is -0.122. The van der Waals surface area contributed by atoms with Gasteiger partial charge in [0.25, 0.3) is 0 Å². The highest BCUT2D eigenvalue weighted by Crippen LogP contribution is 2.27. The molecule has 106 valence electrons. The highest BCUT2D eigenvalue weighted by molar-refractivity contribution is 7.99. The number of carbonyl (C=O) groups is 1. The van der Waals surface area contributed by atoms with E-state index in [1.165, 1.54) is 19.3 Å². The Kier molecular flexibility index (Phi) is 7.75. The topological polar surface area (TPSA) is 49.3 Å². The summed E-state index contributed by atoms with van der Waals surface area (Å²) in [6, 6.07) is 0. The number of hydrogen-bond acceptors (Lipinski definition) is 3. The predicted octanol–water partition coefficient (Wildman–Crippen LogP) is 2.72. The average molecular weight is 273 g/mol. The number of hydrogen-bond donors (Lipinski definition) is 2. The Morgan fingerprint density at radius 2 is 2.00 bits per heavy atom. The van der Waals surface area contributed by atoms with Gasteiger partial charge in [-0.15, -0.1) is 0 Å². The number of nitrogens with one attached hydrogen (secondary N) is 1. The maximum absolute atomic E-state index is 11.6. The van der Waals surface area contributed by atoms with E-state index in [-0.39, 0.29) is 5.91 Å². The molecule has 1 rings (SSSR count). The Bertz CT molecular complexity index is 240. The van der Waals surface area contributed by atoms with Crippen molar-refractivity contribution in [3.8, 4) is 0 Å². The van der Waals surface area contributed by atoms with Crippen LogP contribution in [0.15, 0.2) is 0 Å². The summed E-state index contributed by atoms with van der Waals surface area (Å²) in [5.41, 5.74) is -0.636. The summed E-state index contributed by atoms with van der Waals surface area (Å²) in [5.74, 6) is 2.12. The fourth-order valence-corrected chi connectivity index (χ4v) is 3.28. The highest BCUT2D eigenvalue weighted by atomic mass is 32.2. The largest absolute Gasteiger partial charge is 0.388 e. The summed E-state index contributed by atoms with van der Waals surface area (Å²) in [7, 11) is 0. The van der Waals surface area contributed by atoms with Gasteiger partial charge in [0.2, 0.25) is 5.91 Å². The van der Waals surface area contributed by atoms with Crippen molar-refractivity contribution in [2.75, 3.05) is 18.1 Å². The zero-order valence-electron chi connectivity index (χ0n) is 11.5. The summed E-state index contributed by atoms with van der Waals surface area (Å²) in [6.07, 6.45) is 8.06. The Morgan fingerprint density at radius 1 is 1.28 bits per heavy atom. The Hall–Kier alpha value is -0.220. The lowest BCUT2D eigenvalue weighted by Gasteiger charge is -2.32. The normalized spacial score (nSPS) is 18.6. The van der Waals surface area contributed by atoms with Crippen LogP contribution in [0.3, 0.4) is 0 Å². The summed E-state index contributed by atoms with van der Waals surface area (Å²) < 4.78 is 0. The van der Waals surface area contributed by atoms with Crippen LogP contribution in [0.2, 0.25) is 0 Å². The van der Waals surface area contributed by atoms with Gasteiger partial charge in [0, 0.05) is 18.7 Å². The van der Waals surface area contributed by atoms with Crippen LogP contribution in [0.25, 0.3) is 0 Å². The molecule has 0 aromatic heterocycles. The molecule has 1 aliphatic carbocycles. The maximum Gasteiger partial charge on any atom is 0.220 e. The summed E-state index contributed by atoms with van der Waals surface area (Å²) >= 11 is 1.84. The van der Waals surface area contributed by atoms with E-state index >= 15 is 0 Å². The quantitative estimate of drug-likeness (QED) is 0.669. The van der Waals surface area contributed by atoms with Crippen LogP contribution in [0, 0.1) is 0 Å². The summed E-state index contributed by atoms with van der Waals surface area (Å²) in [5, 5.41) is 13.1. The lowest BCUT2D eigenvalue weighted by Crippen LogP contribution is -2.44. The van der Waals surface area contributed by atoms with E-state index in [0.29, 0.717) is 13.0 Å². The first kappa shape index (κ1) is 15.8. The molecular weight excluding hydrogens is 246 g/mol. The van der Waals surface area contributed by atoms with Crippen molar-refractivity contribution < 1.29 is 9.90 Å². The van der Waals surface area contributed by atoms with Crippen LogP contribution in [0.5, 0.6) is 0 Å². The Morgan fingerprint density at radius 3 is 2.67 bits per heavy atom. The van der Waals surface area contributed by atoms with Crippen LogP contribution in [-0.2, 0) is 4.79 Å². The Balaban J connectivity index is 2.05. The van der Waals surface area contributed by atoms with Crippen molar-refractivity contribution >= 4 is 17.7 Å². The molecule has 0 heterocycles. The highest BCUT2D eigenvalue weighted by Gasteiger charge is 2.29. The van der Waals surface area contributed by atoms with E-state index in [0.717, 1.165) is 37.2 Å². The van der Waals surface area contributed by atoms with E-state index in [2.05, 4.69) is 12.2 Å². The first-order chi connectivity index (χ1) is 8.66. The van der Waals surface area contributed by atoms with Gasteiger partial charge >= 0.3 is 0 Å². The van der Waals surface area contributed by atoms with Crippen molar-refractivity contribution in [1.29, 1.82) is 0 Å². The molecule has 0 radical (unpaired) electrons. The van der Waals surface area contributed by atoms with E-state index in [1.807, 2.05) is 11.8 Å². The fraction of sp³-hybridized carbons (Fsp3) is 0.929. The fourth-order valence-electron chi connectivity index (χ4n) is 2.25. The third-order valence-electron chi connectivity index (χ3n) is 3.51. The molecular formula is C14H27NO2S. The number of aliphatic hydroxyl groups is 1. The molecule has 2 N–H and O–H groups in total. The van der Waals surface area contributed by atoms with Crippen LogP contribution in [0.4, 0.5) is 0 Å². The van der Waals surface area contributed by atoms with Gasteiger partial charge in [0.1, 0.15) is 0 Å². The second-order valence-electron chi connectivity index (χ2n) is 5.28. The molecule has 3 nitrogen and oxygen atoms in total. The Labute approximate surface area is 115 Å². The van der Waals surface area contributed by atoms with Crippen LogP contribution in [-0.4, -0.2) is 34.7 Å². The summed E-state index contributed by atoms with van der Waals surface area (Å²) in [6.45, 7) is 2.61. The van der Waals surface area contributed by atoms with Gasteiger partial charge in [-0.2, -0.15) is 11.8 Å². The van der Waals surface area contributed by atoms with Gasteiger partial charge < -0.3 is 10.4 Å². The molecule has 18 heavy (non-hydrogen) atoms. The van der Waals surface area contributed by atoms with Crippen molar-refractivity contribution in [2.24, 2.45) is 0 Å². The lowest BCUT2D eigenvalue weighted by atomic mass is 9.85. The molecule has 0 unspecified atom stereocenters. The van der Waals surface area contributed by atoms with Gasteiger partial charge in [-0.1, -0.05) is 32.6 Å². The second-order valence-corrected chi connectivity index (χ2v) is 6.50. The van der Waals surface area contributed by atoms with Crippen LogP contribution < -0.4 is 5.32 Å². The molecule has 4 heteroatoms. The molecule has 1 fully saturated rings. The SMILES string of the molecule is CCCCSCCC(=O)NCC1(O)CCCCC1. The van der Waals surface area contributed by atoms with E-state index < -0.39 is 5.60 Å². The average Bonchev–Trinajstić information content (AvgIpc) is 2.37. The van der Waals surface area contributed by atoms with Gasteiger partial charge in [0.15, 0.2) is 0 Å². The molecule has 0 atom stereocenters. The molecule has 1 aliphatic rings. The second kappa shape index (κ2) is 8.81. The van der Waals surface area contributed by atoms with Gasteiger partial charge in [-0.05, 0) is 25.0 Å². The zero-order chi connectivity index (χ0) is 13.3. The molecule has 1 amide bonds. The van der Waals surface area contributed by atoms with Crippen molar-refractivity contribution in [2.45, 2.75) is 63.9 Å². The van der Waals surface area contributed by atoms with Gasteiger partial charge in [0.05, 0.1) is 5.60 Å². The molecule has 1 saturated carbocycles. The smallest absolute Gasteiger partial charge is 0.220 e. The van der Waals surface area contributed by atoms with Gasteiger partial charge in [-0.3, -0.25) is 4.79 Å². The maximum atomic E-state index is 11.6. The van der Waals surface area contributed by atoms with E-state index in [9.17, 15) is 9.90 Å². The monoisotopic (exact) mass is 273 g/mol. The number of thioether (sulfide) groups is 1. The molecule has 0 bridgehead atoms. The number of amides is 1. The first-order valence-electron chi connectivity index (χ1n) is 7.23. The third-order valence-corrected chi connectivity index (χ3v) is 4.58. The minimum Gasteiger partial charge on any atom is -0.388 e. The van der Waals surface area contributed by atoms with Gasteiger partial charge in [-0.25, -0.2) is 0 Å². The molecule has 0 saturated heterocycles. The molecule has 0 aromatic carbocycles. The summed E-state index contributed by atoms with van der Waals surface area (Å²) in [4.78, 5) is 11.6. The molecule has 0 aliphatic heterocycles. The number of unbranched alkanes of at least 4 members (excludes halogenated alkanes) is 1. The first-order valence-corrected chi connectivity index (χ1v) is 8.38. The minimum atomic E-state index is -0.636. The number of rotatable bonds is 8. The molecule has 0 aromatic rings. The van der Waals surface area contributed by atoms with Crippen LogP contribution in [0.1, 0.15) is 58.3 Å². The van der Waals surface area contributed by atoms with Crippen molar-refractivity contribution in [1.82, 2.24) is 5.32 Å².